The van der Waals surface area contributed by atoms with Crippen molar-refractivity contribution < 1.29 is 32.7 Å². The quantitative estimate of drug-likeness (QED) is 0.154. The molecule has 1 radical (unpaired) electrons. The van der Waals surface area contributed by atoms with Gasteiger partial charge in [-0.15, -0.1) is 23.3 Å². The normalized spacial score (nSPS) is 12.5. The molecule has 0 aliphatic heterocycles. The third-order valence-electron chi connectivity index (χ3n) is 22.0. The zero-order valence-corrected chi connectivity index (χ0v) is 82.7. The first kappa shape index (κ1) is 98.1. The van der Waals surface area contributed by atoms with Gasteiger partial charge in [0.05, 0.1) is 0 Å². The Bertz CT molecular complexity index is 4940. The van der Waals surface area contributed by atoms with Crippen LogP contribution in [0.25, 0.3) is 66.1 Å². The molecule has 0 atom stereocenters. The maximum atomic E-state index is 3.58. The van der Waals surface area contributed by atoms with Gasteiger partial charge in [-0.05, 0) is 176 Å². The van der Waals surface area contributed by atoms with E-state index in [1.54, 1.807) is 0 Å². The minimum absolute atomic E-state index is 0. The third-order valence-corrected chi connectivity index (χ3v) is 22.0. The zero-order valence-electron chi connectivity index (χ0n) is 79.8. The summed E-state index contributed by atoms with van der Waals surface area (Å²) in [6.45, 7) is 81.6. The van der Waals surface area contributed by atoms with Crippen LogP contribution in [-0.2, 0) is 97.7 Å². The van der Waals surface area contributed by atoms with Crippen molar-refractivity contribution in [1.29, 1.82) is 0 Å². The number of hydrogen-bond acceptors (Lipinski definition) is 0. The van der Waals surface area contributed by atoms with Crippen LogP contribution in [-0.4, -0.2) is 0 Å². The Morgan fingerprint density at radius 1 is 0.179 bits per heavy atom. The van der Waals surface area contributed by atoms with E-state index in [1.165, 1.54) is 122 Å². The molecule has 12 rings (SSSR count). The van der Waals surface area contributed by atoms with Gasteiger partial charge >= 0.3 is 0 Å². The molecule has 619 valence electrons. The molecule has 0 saturated heterocycles. The summed E-state index contributed by atoms with van der Waals surface area (Å²) < 4.78 is 0. The second kappa shape index (κ2) is 38.3. The van der Waals surface area contributed by atoms with E-state index in [0.29, 0.717) is 0 Å². The van der Waals surface area contributed by atoms with Gasteiger partial charge in [-0.1, -0.05) is 468 Å². The maximum Gasteiger partial charge on any atom is 0 e. The van der Waals surface area contributed by atoms with Gasteiger partial charge in [0.2, 0.25) is 0 Å². The van der Waals surface area contributed by atoms with Crippen molar-refractivity contribution in [3.05, 3.63) is 334 Å². The van der Waals surface area contributed by atoms with Crippen molar-refractivity contribution in [1.82, 2.24) is 0 Å². The standard InChI is InChI=1S/3C20H26.C20H24.2C18H24.Y/c1-19(2,3)17-11-7-9-15(13-17)16-10-8-12-18(14-16)20(4,5)6;1-19(2,3)17-13-9-7-11-15(17)16-12-8-10-14-18(16)20(4,5)6;1-19(2,3)16-11-9-10-15(14-16)17-12-7-8-13-18(17)20(4,5)6;1-19(2,3)17-12-16(15-10-8-7-9-11-15)13-18(14-17)20(4,5)6;1-17(2,3)15-9-7-14-12-16(18(4,5)6)10-8-13(14)11-15;1-17(2,3)15-9-7-13-8-10-16(18(4,5)6)12-14(13)11-15;/h3*7-14H,1-6H3;7-10,12,14H,1-6H3;2*7-12H,1-6H3;/q;;;-2;;;. The Morgan fingerprint density at radius 2 is 0.462 bits per heavy atom. The molecule has 0 bridgehead atoms. The summed E-state index contributed by atoms with van der Waals surface area (Å²) in [4.78, 5) is 0. The minimum atomic E-state index is 0. The first-order valence-electron chi connectivity index (χ1n) is 42.9. The van der Waals surface area contributed by atoms with Crippen LogP contribution >= 0.6 is 0 Å². The molecule has 0 unspecified atom stereocenters. The van der Waals surface area contributed by atoms with E-state index in [9.17, 15) is 0 Å². The molecule has 0 aliphatic carbocycles. The topological polar surface area (TPSA) is 0 Å². The summed E-state index contributed by atoms with van der Waals surface area (Å²) in [5, 5.41) is 5.37. The number of fused-ring (bicyclic) bond motifs is 2. The third kappa shape index (κ3) is 28.5. The number of rotatable bonds is 4. The SMILES string of the molecule is CC(C)(C)c1[c-]c(-c2[c-]cccc2)cc(C(C)(C)C)c1.CC(C)(C)c1ccc2cc(C(C)(C)C)ccc2c1.CC(C)(C)c1ccc2ccc(C(C)(C)C)cc2c1.CC(C)(C)c1cccc(-c2cccc(C(C)(C)C)c2)c1.CC(C)(C)c1cccc(-c2ccccc2C(C)(C)C)c1.CC(C)(C)c1ccccc1-c1ccccc1C(C)(C)C.[Y]. The summed E-state index contributed by atoms with van der Waals surface area (Å²) in [5.41, 5.74) is 29.0. The Morgan fingerprint density at radius 3 is 0.778 bits per heavy atom. The van der Waals surface area contributed by atoms with E-state index in [0.717, 1.165) is 11.1 Å². The van der Waals surface area contributed by atoms with Crippen molar-refractivity contribution in [3.63, 3.8) is 0 Å². The Kier molecular flexibility index (Phi) is 32.1. The Labute approximate surface area is 740 Å². The molecule has 0 saturated carbocycles. The molecule has 12 aromatic carbocycles. The fraction of sp³-hybridized carbons (Fsp3) is 0.414. The first-order chi connectivity index (χ1) is 53.1. The summed E-state index contributed by atoms with van der Waals surface area (Å²) in [5.74, 6) is 0. The molecule has 0 aliphatic rings. The van der Waals surface area contributed by atoms with E-state index < -0.39 is 0 Å². The van der Waals surface area contributed by atoms with Crippen molar-refractivity contribution in [2.45, 2.75) is 314 Å². The molecule has 117 heavy (non-hydrogen) atoms. The molecule has 0 nitrogen and oxygen atoms in total. The van der Waals surface area contributed by atoms with Gasteiger partial charge in [0.15, 0.2) is 0 Å². The van der Waals surface area contributed by atoms with E-state index in [1.807, 2.05) is 12.1 Å². The van der Waals surface area contributed by atoms with Gasteiger partial charge in [-0.3, -0.25) is 0 Å². The van der Waals surface area contributed by atoms with Gasteiger partial charge in [-0.25, -0.2) is 11.1 Å². The summed E-state index contributed by atoms with van der Waals surface area (Å²) in [6, 6.07) is 100. The monoisotopic (exact) mass is 1630 g/mol. The van der Waals surface area contributed by atoms with Gasteiger partial charge in [0.25, 0.3) is 0 Å². The second-order valence-electron chi connectivity index (χ2n) is 44.9. The van der Waals surface area contributed by atoms with Gasteiger partial charge in [-0.2, -0.15) is 36.4 Å². The van der Waals surface area contributed by atoms with Crippen molar-refractivity contribution in [2.75, 3.05) is 0 Å². The molecule has 12 aromatic rings. The Hall–Kier alpha value is -7.74. The molecule has 0 N–H and O–H groups in total. The first-order valence-corrected chi connectivity index (χ1v) is 42.9. The molecule has 0 aromatic heterocycles. The minimum Gasteiger partial charge on any atom is -0.226 e. The molecular weight excluding hydrogens is 1480 g/mol. The average Bonchev–Trinajstić information content (AvgIpc) is 0.678. The van der Waals surface area contributed by atoms with Crippen LogP contribution in [0.2, 0.25) is 0 Å². The fourth-order valence-corrected chi connectivity index (χ4v) is 14.1. The van der Waals surface area contributed by atoms with Crippen LogP contribution in [0.15, 0.2) is 255 Å². The van der Waals surface area contributed by atoms with Crippen LogP contribution in [0.4, 0.5) is 0 Å². The molecule has 0 heterocycles. The molecular formula is C116H150Y-2. The number of hydrogen-bond donors (Lipinski definition) is 0. The summed E-state index contributed by atoms with van der Waals surface area (Å²) >= 11 is 0. The van der Waals surface area contributed by atoms with Crippen molar-refractivity contribution in [3.8, 4) is 44.5 Å². The van der Waals surface area contributed by atoms with E-state index in [4.69, 9.17) is 0 Å². The molecule has 0 fully saturated rings. The average molecular weight is 1630 g/mol. The van der Waals surface area contributed by atoms with Crippen LogP contribution in [0.3, 0.4) is 0 Å². The second-order valence-corrected chi connectivity index (χ2v) is 44.9. The molecule has 1 heteroatoms. The van der Waals surface area contributed by atoms with Crippen molar-refractivity contribution >= 4 is 21.5 Å². The van der Waals surface area contributed by atoms with Crippen LogP contribution in [0.1, 0.15) is 316 Å². The van der Waals surface area contributed by atoms with E-state index in [2.05, 4.69) is 504 Å². The van der Waals surface area contributed by atoms with E-state index >= 15 is 0 Å². The predicted molar refractivity (Wildman–Crippen MR) is 517 cm³/mol. The maximum absolute atomic E-state index is 3.58. The van der Waals surface area contributed by atoms with Crippen LogP contribution in [0.5, 0.6) is 0 Å². The van der Waals surface area contributed by atoms with Crippen molar-refractivity contribution in [2.24, 2.45) is 0 Å². The molecule has 0 amide bonds. The van der Waals surface area contributed by atoms with Crippen LogP contribution in [0, 0.1) is 12.1 Å². The largest absolute Gasteiger partial charge is 0.226 e. The summed E-state index contributed by atoms with van der Waals surface area (Å²) in [7, 11) is 0. The Balaban J connectivity index is 0.000000218. The smallest absolute Gasteiger partial charge is 0 e. The van der Waals surface area contributed by atoms with Gasteiger partial charge < -0.3 is 0 Å². The van der Waals surface area contributed by atoms with Crippen LogP contribution < -0.4 is 0 Å². The summed E-state index contributed by atoms with van der Waals surface area (Å²) in [6.07, 6.45) is 0. The predicted octanol–water partition coefficient (Wildman–Crippen LogP) is 34.3. The zero-order chi connectivity index (χ0) is 87.0. The fourth-order valence-electron chi connectivity index (χ4n) is 14.1. The molecule has 0 spiro atoms. The van der Waals surface area contributed by atoms with Gasteiger partial charge in [0.1, 0.15) is 0 Å². The van der Waals surface area contributed by atoms with E-state index in [-0.39, 0.29) is 97.7 Å². The number of benzene rings is 12. The van der Waals surface area contributed by atoms with Gasteiger partial charge in [0, 0.05) is 32.7 Å².